The maximum atomic E-state index is 13.4. The van der Waals surface area contributed by atoms with Crippen molar-refractivity contribution in [3.8, 4) is 0 Å². The van der Waals surface area contributed by atoms with E-state index in [4.69, 9.17) is 11.6 Å². The molecule has 1 N–H and O–H groups in total. The largest absolute Gasteiger partial charge is 0.310 e. The van der Waals surface area contributed by atoms with Gasteiger partial charge in [-0.1, -0.05) is 31.4 Å². The summed E-state index contributed by atoms with van der Waals surface area (Å²) in [5.41, 5.74) is 0.928. The Kier molecular flexibility index (Phi) is 5.02. The maximum Gasteiger partial charge on any atom is 0.123 e. The molecule has 3 heteroatoms. The Labute approximate surface area is 114 Å². The third-order valence-corrected chi connectivity index (χ3v) is 4.12. The van der Waals surface area contributed by atoms with Crippen LogP contribution in [0.15, 0.2) is 18.2 Å². The Morgan fingerprint density at radius 1 is 1.39 bits per heavy atom. The van der Waals surface area contributed by atoms with E-state index in [1.165, 1.54) is 31.7 Å². The predicted molar refractivity (Wildman–Crippen MR) is 74.4 cm³/mol. The molecule has 18 heavy (non-hydrogen) atoms. The van der Waals surface area contributed by atoms with Crippen molar-refractivity contribution < 1.29 is 4.39 Å². The molecule has 0 aliphatic heterocycles. The van der Waals surface area contributed by atoms with E-state index in [9.17, 15) is 4.39 Å². The van der Waals surface area contributed by atoms with E-state index in [2.05, 4.69) is 12.2 Å². The fraction of sp³-hybridized carbons (Fsp3) is 0.600. The van der Waals surface area contributed by atoms with Crippen LogP contribution in [0.25, 0.3) is 0 Å². The van der Waals surface area contributed by atoms with Gasteiger partial charge in [-0.3, -0.25) is 0 Å². The monoisotopic (exact) mass is 269 g/mol. The quantitative estimate of drug-likeness (QED) is 0.816. The van der Waals surface area contributed by atoms with Crippen LogP contribution >= 0.6 is 11.6 Å². The minimum Gasteiger partial charge on any atom is -0.310 e. The molecule has 1 aromatic rings. The third-order valence-electron chi connectivity index (χ3n) is 3.78. The van der Waals surface area contributed by atoms with Gasteiger partial charge in [0.25, 0.3) is 0 Å². The first-order chi connectivity index (χ1) is 8.72. The Morgan fingerprint density at radius 3 is 2.78 bits per heavy atom. The topological polar surface area (TPSA) is 12.0 Å². The van der Waals surface area contributed by atoms with Crippen LogP contribution in [0.5, 0.6) is 0 Å². The lowest BCUT2D eigenvalue weighted by atomic mass is 9.91. The number of benzene rings is 1. The zero-order valence-electron chi connectivity index (χ0n) is 10.9. The highest BCUT2D eigenvalue weighted by Crippen LogP contribution is 2.38. The summed E-state index contributed by atoms with van der Waals surface area (Å²) >= 11 is 6.24. The van der Waals surface area contributed by atoms with Crippen molar-refractivity contribution >= 4 is 11.6 Å². The number of hydrogen-bond donors (Lipinski definition) is 1. The van der Waals surface area contributed by atoms with Crippen LogP contribution in [0, 0.1) is 11.7 Å². The van der Waals surface area contributed by atoms with Crippen LogP contribution in [0.3, 0.4) is 0 Å². The molecule has 1 aliphatic carbocycles. The summed E-state index contributed by atoms with van der Waals surface area (Å²) in [6, 6.07) is 4.89. The summed E-state index contributed by atoms with van der Waals surface area (Å²) in [6.07, 6.45) is 6.07. The minimum atomic E-state index is -0.198. The second kappa shape index (κ2) is 6.53. The van der Waals surface area contributed by atoms with Gasteiger partial charge in [-0.25, -0.2) is 4.39 Å². The van der Waals surface area contributed by atoms with Crippen LogP contribution in [0.2, 0.25) is 5.02 Å². The lowest BCUT2D eigenvalue weighted by Gasteiger charge is -2.26. The van der Waals surface area contributed by atoms with Gasteiger partial charge in [-0.2, -0.15) is 0 Å². The van der Waals surface area contributed by atoms with Crippen LogP contribution in [0.1, 0.15) is 50.6 Å². The van der Waals surface area contributed by atoms with E-state index in [1.807, 2.05) is 0 Å². The molecule has 2 rings (SSSR count). The SMILES string of the molecule is CCCNC(c1cc(F)ccc1Cl)C1CCCC1. The zero-order valence-corrected chi connectivity index (χ0v) is 11.6. The lowest BCUT2D eigenvalue weighted by molar-refractivity contribution is 0.367. The molecule has 1 saturated carbocycles. The molecule has 1 aromatic carbocycles. The molecule has 0 spiro atoms. The fourth-order valence-corrected chi connectivity index (χ4v) is 3.11. The summed E-state index contributed by atoms with van der Waals surface area (Å²) in [6.45, 7) is 3.10. The molecule has 0 saturated heterocycles. The Morgan fingerprint density at radius 2 is 2.11 bits per heavy atom. The highest BCUT2D eigenvalue weighted by atomic mass is 35.5. The van der Waals surface area contributed by atoms with Gasteiger partial charge >= 0.3 is 0 Å². The highest BCUT2D eigenvalue weighted by molar-refractivity contribution is 6.31. The average Bonchev–Trinajstić information content (AvgIpc) is 2.88. The Hall–Kier alpha value is -0.600. The summed E-state index contributed by atoms with van der Waals surface area (Å²) in [7, 11) is 0. The lowest BCUT2D eigenvalue weighted by Crippen LogP contribution is -2.28. The molecule has 0 bridgehead atoms. The molecule has 100 valence electrons. The van der Waals surface area contributed by atoms with Crippen LogP contribution in [-0.4, -0.2) is 6.54 Å². The standard InChI is InChI=1S/C15H21ClFN/c1-2-9-18-15(11-5-3-4-6-11)13-10-12(17)7-8-14(13)16/h7-8,10-11,15,18H,2-6,9H2,1H3. The number of nitrogens with one attached hydrogen (secondary N) is 1. The van der Waals surface area contributed by atoms with Crippen molar-refractivity contribution in [1.29, 1.82) is 0 Å². The van der Waals surface area contributed by atoms with E-state index in [-0.39, 0.29) is 11.9 Å². The van der Waals surface area contributed by atoms with Gasteiger partial charge in [0, 0.05) is 11.1 Å². The minimum absolute atomic E-state index is 0.198. The summed E-state index contributed by atoms with van der Waals surface area (Å²) in [4.78, 5) is 0. The molecule has 1 aliphatic rings. The predicted octanol–water partition coefficient (Wildman–Crippen LogP) is 4.71. The van der Waals surface area contributed by atoms with Crippen molar-refractivity contribution in [1.82, 2.24) is 5.32 Å². The molecule has 0 amide bonds. The van der Waals surface area contributed by atoms with E-state index >= 15 is 0 Å². The fourth-order valence-electron chi connectivity index (χ4n) is 2.87. The summed E-state index contributed by atoms with van der Waals surface area (Å²) in [5.74, 6) is 0.395. The van der Waals surface area contributed by atoms with Gasteiger partial charge in [0.05, 0.1) is 0 Å². The van der Waals surface area contributed by atoms with Gasteiger partial charge in [0.15, 0.2) is 0 Å². The second-order valence-corrected chi connectivity index (χ2v) is 5.55. The van der Waals surface area contributed by atoms with E-state index in [0.717, 1.165) is 18.5 Å². The normalized spacial score (nSPS) is 18.2. The van der Waals surface area contributed by atoms with Gasteiger partial charge in [0.1, 0.15) is 5.82 Å². The smallest absolute Gasteiger partial charge is 0.123 e. The first-order valence-corrected chi connectivity index (χ1v) is 7.28. The molecule has 0 heterocycles. The molecule has 1 atom stereocenters. The van der Waals surface area contributed by atoms with Crippen LogP contribution in [-0.2, 0) is 0 Å². The molecule has 0 aromatic heterocycles. The highest BCUT2D eigenvalue weighted by Gasteiger charge is 2.27. The molecule has 1 fully saturated rings. The maximum absolute atomic E-state index is 13.4. The van der Waals surface area contributed by atoms with Crippen molar-refractivity contribution in [2.45, 2.75) is 45.1 Å². The van der Waals surface area contributed by atoms with Crippen molar-refractivity contribution in [2.24, 2.45) is 5.92 Å². The Balaban J connectivity index is 2.23. The van der Waals surface area contributed by atoms with Gasteiger partial charge in [0.2, 0.25) is 0 Å². The molecular weight excluding hydrogens is 249 g/mol. The van der Waals surface area contributed by atoms with E-state index in [0.29, 0.717) is 10.9 Å². The van der Waals surface area contributed by atoms with E-state index in [1.54, 1.807) is 12.1 Å². The molecule has 0 radical (unpaired) electrons. The molecule has 1 unspecified atom stereocenters. The van der Waals surface area contributed by atoms with Crippen molar-refractivity contribution in [3.05, 3.63) is 34.6 Å². The van der Waals surface area contributed by atoms with Gasteiger partial charge in [-0.05, 0) is 55.5 Å². The first-order valence-electron chi connectivity index (χ1n) is 6.90. The average molecular weight is 270 g/mol. The van der Waals surface area contributed by atoms with Crippen molar-refractivity contribution in [2.75, 3.05) is 6.54 Å². The van der Waals surface area contributed by atoms with E-state index < -0.39 is 0 Å². The third kappa shape index (κ3) is 3.24. The first kappa shape index (κ1) is 13.8. The van der Waals surface area contributed by atoms with Gasteiger partial charge in [-0.15, -0.1) is 0 Å². The molecular formula is C15H21ClFN. The van der Waals surface area contributed by atoms with Crippen molar-refractivity contribution in [3.63, 3.8) is 0 Å². The van der Waals surface area contributed by atoms with Gasteiger partial charge < -0.3 is 5.32 Å². The Bertz CT molecular complexity index is 388. The number of hydrogen-bond acceptors (Lipinski definition) is 1. The molecule has 1 nitrogen and oxygen atoms in total. The second-order valence-electron chi connectivity index (χ2n) is 5.14. The number of rotatable bonds is 5. The zero-order chi connectivity index (χ0) is 13.0. The number of halogens is 2. The summed E-state index contributed by atoms with van der Waals surface area (Å²) < 4.78 is 13.4. The summed E-state index contributed by atoms with van der Waals surface area (Å²) in [5, 5.41) is 4.22. The van der Waals surface area contributed by atoms with Crippen LogP contribution in [0.4, 0.5) is 4.39 Å². The van der Waals surface area contributed by atoms with Crippen LogP contribution < -0.4 is 5.32 Å².